The number of nitrogens with one attached hydrogen (secondary N) is 1. The molecule has 0 spiro atoms. The predicted octanol–water partition coefficient (Wildman–Crippen LogP) is 1.62. The fraction of sp³-hybridized carbons (Fsp3) is 0.429. The van der Waals surface area contributed by atoms with Gasteiger partial charge in [0.05, 0.1) is 30.2 Å². The van der Waals surface area contributed by atoms with Crippen LogP contribution in [0.15, 0.2) is 59.5 Å². The van der Waals surface area contributed by atoms with Crippen molar-refractivity contribution < 1.29 is 18.4 Å². The van der Waals surface area contributed by atoms with E-state index < -0.39 is 16.1 Å². The first-order valence-electron chi connectivity index (χ1n) is 9.63. The molecule has 2 aromatic carbocycles. The molecule has 2 N–H and O–H groups in total. The molecule has 1 heterocycles. The van der Waals surface area contributed by atoms with Gasteiger partial charge in [0, 0.05) is 0 Å². The molecule has 1 aliphatic rings. The molecule has 0 bridgehead atoms. The topological polar surface area (TPSA) is 62.1 Å². The van der Waals surface area contributed by atoms with Gasteiger partial charge in [0.2, 0.25) is 0 Å². The highest BCUT2D eigenvalue weighted by atomic mass is 32.2. The number of likely N-dealkylation sites (tertiary alicyclic amines) is 1. The molecular formula is C21H29N2O3S+. The van der Waals surface area contributed by atoms with Crippen LogP contribution in [0, 0.1) is 6.92 Å². The Bertz CT molecular complexity index is 816. The number of aliphatic hydroxyl groups is 1. The second-order valence-corrected chi connectivity index (χ2v) is 9.22. The molecule has 0 aliphatic carbocycles. The first kappa shape index (κ1) is 19.9. The highest BCUT2D eigenvalue weighted by molar-refractivity contribution is 7.92. The van der Waals surface area contributed by atoms with Crippen LogP contribution in [0.3, 0.4) is 0 Å². The number of quaternary nitrogens is 1. The van der Waals surface area contributed by atoms with E-state index in [-0.39, 0.29) is 11.4 Å². The van der Waals surface area contributed by atoms with Crippen molar-refractivity contribution in [2.75, 3.05) is 30.5 Å². The zero-order valence-corrected chi connectivity index (χ0v) is 16.7. The molecule has 0 saturated carbocycles. The molecule has 27 heavy (non-hydrogen) atoms. The highest BCUT2D eigenvalue weighted by Crippen LogP contribution is 2.24. The highest BCUT2D eigenvalue weighted by Gasteiger charge is 2.29. The summed E-state index contributed by atoms with van der Waals surface area (Å²) < 4.78 is 27.8. The Morgan fingerprint density at radius 3 is 2.26 bits per heavy atom. The Morgan fingerprint density at radius 2 is 1.63 bits per heavy atom. The summed E-state index contributed by atoms with van der Waals surface area (Å²) in [7, 11) is -3.74. The van der Waals surface area contributed by atoms with E-state index in [1.165, 1.54) is 28.5 Å². The van der Waals surface area contributed by atoms with E-state index in [0.29, 0.717) is 12.2 Å². The van der Waals surface area contributed by atoms with Crippen molar-refractivity contribution in [1.82, 2.24) is 0 Å². The van der Waals surface area contributed by atoms with Gasteiger partial charge >= 0.3 is 0 Å². The van der Waals surface area contributed by atoms with Crippen molar-refractivity contribution >= 4 is 15.7 Å². The lowest BCUT2D eigenvalue weighted by atomic mass is 10.1. The van der Waals surface area contributed by atoms with Gasteiger partial charge in [0.15, 0.2) is 0 Å². The van der Waals surface area contributed by atoms with Crippen LogP contribution in [0.25, 0.3) is 0 Å². The molecule has 0 aromatic heterocycles. The second-order valence-electron chi connectivity index (χ2n) is 7.35. The minimum Gasteiger partial charge on any atom is -0.385 e. The lowest BCUT2D eigenvalue weighted by molar-refractivity contribution is -0.907. The number of anilines is 1. The molecule has 6 heteroatoms. The van der Waals surface area contributed by atoms with Crippen molar-refractivity contribution in [2.24, 2.45) is 0 Å². The van der Waals surface area contributed by atoms with Gasteiger partial charge in [0.1, 0.15) is 12.6 Å². The Kier molecular flexibility index (Phi) is 6.52. The fourth-order valence-electron chi connectivity index (χ4n) is 3.62. The predicted molar refractivity (Wildman–Crippen MR) is 108 cm³/mol. The Morgan fingerprint density at radius 1 is 1.00 bits per heavy atom. The van der Waals surface area contributed by atoms with Crippen LogP contribution in [0.5, 0.6) is 0 Å². The normalized spacial score (nSPS) is 16.8. The third-order valence-electron chi connectivity index (χ3n) is 5.11. The number of benzene rings is 2. The number of aryl methyl sites for hydroxylation is 1. The summed E-state index contributed by atoms with van der Waals surface area (Å²) >= 11 is 0. The second kappa shape index (κ2) is 8.87. The van der Waals surface area contributed by atoms with Crippen molar-refractivity contribution in [3.05, 3.63) is 60.2 Å². The number of aliphatic hydroxyl groups excluding tert-OH is 1. The molecule has 2 aromatic rings. The van der Waals surface area contributed by atoms with Crippen LogP contribution < -0.4 is 9.21 Å². The van der Waals surface area contributed by atoms with Gasteiger partial charge in [-0.15, -0.1) is 0 Å². The quantitative estimate of drug-likeness (QED) is 0.757. The van der Waals surface area contributed by atoms with Crippen LogP contribution in [0.1, 0.15) is 24.8 Å². The van der Waals surface area contributed by atoms with Gasteiger partial charge < -0.3 is 10.0 Å². The van der Waals surface area contributed by atoms with Crippen molar-refractivity contribution in [3.63, 3.8) is 0 Å². The number of hydrogen-bond acceptors (Lipinski definition) is 3. The van der Waals surface area contributed by atoms with Crippen molar-refractivity contribution in [3.8, 4) is 0 Å². The van der Waals surface area contributed by atoms with E-state index in [1.807, 2.05) is 19.1 Å². The average Bonchev–Trinajstić information content (AvgIpc) is 2.68. The van der Waals surface area contributed by atoms with Gasteiger partial charge in [-0.05, 0) is 50.5 Å². The van der Waals surface area contributed by atoms with Gasteiger partial charge in [0.25, 0.3) is 10.0 Å². The Hall–Kier alpha value is -1.89. The molecule has 1 saturated heterocycles. The van der Waals surface area contributed by atoms with E-state index in [2.05, 4.69) is 0 Å². The first-order chi connectivity index (χ1) is 13.0. The summed E-state index contributed by atoms with van der Waals surface area (Å²) in [6, 6.07) is 15.8. The average molecular weight is 390 g/mol. The maximum absolute atomic E-state index is 13.3. The minimum absolute atomic E-state index is 0.0593. The van der Waals surface area contributed by atoms with E-state index in [9.17, 15) is 13.5 Å². The lowest BCUT2D eigenvalue weighted by Gasteiger charge is -2.30. The number of nitrogens with zero attached hydrogens (tertiary/aromatic N) is 1. The van der Waals surface area contributed by atoms with Crippen LogP contribution in [0.4, 0.5) is 5.69 Å². The number of rotatable bonds is 7. The number of sulfonamides is 1. The van der Waals surface area contributed by atoms with Crippen molar-refractivity contribution in [1.29, 1.82) is 0 Å². The standard InChI is InChI=1S/C21H28N2O3S/c1-18-10-12-19(13-11-18)23(27(25,26)21-8-4-2-5-9-21)17-20(24)16-22-14-6-3-7-15-22/h2,4-5,8-13,20,24H,3,6-7,14-17H2,1H3/p+1. The third-order valence-corrected chi connectivity index (χ3v) is 6.92. The van der Waals surface area contributed by atoms with Gasteiger partial charge in [-0.1, -0.05) is 35.9 Å². The van der Waals surface area contributed by atoms with Crippen molar-refractivity contribution in [2.45, 2.75) is 37.2 Å². The molecule has 3 rings (SSSR count). The Balaban J connectivity index is 1.84. The molecule has 1 aliphatic heterocycles. The van der Waals surface area contributed by atoms with Crippen LogP contribution in [-0.4, -0.2) is 45.8 Å². The van der Waals surface area contributed by atoms with Crippen LogP contribution in [0.2, 0.25) is 0 Å². The maximum atomic E-state index is 13.3. The molecule has 146 valence electrons. The van der Waals surface area contributed by atoms with E-state index in [1.54, 1.807) is 42.5 Å². The summed E-state index contributed by atoms with van der Waals surface area (Å²) in [5.41, 5.74) is 1.64. The summed E-state index contributed by atoms with van der Waals surface area (Å²) in [5, 5.41) is 10.7. The van der Waals surface area contributed by atoms with E-state index in [0.717, 1.165) is 18.7 Å². The molecule has 5 nitrogen and oxygen atoms in total. The third kappa shape index (κ3) is 5.09. The smallest absolute Gasteiger partial charge is 0.264 e. The molecular weight excluding hydrogens is 360 g/mol. The molecule has 1 atom stereocenters. The monoisotopic (exact) mass is 389 g/mol. The summed E-state index contributed by atoms with van der Waals surface area (Å²) in [5.74, 6) is 0. The van der Waals surface area contributed by atoms with Gasteiger partial charge in [-0.25, -0.2) is 8.42 Å². The van der Waals surface area contributed by atoms with Crippen LogP contribution >= 0.6 is 0 Å². The largest absolute Gasteiger partial charge is 0.385 e. The zero-order valence-electron chi connectivity index (χ0n) is 15.8. The summed E-state index contributed by atoms with van der Waals surface area (Å²) in [4.78, 5) is 1.60. The Labute approximate surface area is 162 Å². The lowest BCUT2D eigenvalue weighted by Crippen LogP contribution is -3.14. The number of hydrogen-bond donors (Lipinski definition) is 2. The maximum Gasteiger partial charge on any atom is 0.264 e. The zero-order chi connectivity index (χ0) is 19.3. The first-order valence-corrected chi connectivity index (χ1v) is 11.1. The molecule has 0 amide bonds. The SMILES string of the molecule is Cc1ccc(N(CC(O)C[NH+]2CCCCC2)S(=O)(=O)c2ccccc2)cc1. The minimum atomic E-state index is -3.74. The molecule has 0 radical (unpaired) electrons. The molecule has 1 unspecified atom stereocenters. The number of piperidine rings is 1. The van der Waals surface area contributed by atoms with Gasteiger partial charge in [-0.3, -0.25) is 4.31 Å². The summed E-state index contributed by atoms with van der Waals surface area (Å²) in [6.45, 7) is 4.70. The molecule has 1 fully saturated rings. The van der Waals surface area contributed by atoms with E-state index >= 15 is 0 Å². The van der Waals surface area contributed by atoms with E-state index in [4.69, 9.17) is 0 Å². The summed E-state index contributed by atoms with van der Waals surface area (Å²) in [6.07, 6.45) is 2.88. The fourth-order valence-corrected chi connectivity index (χ4v) is 5.14. The van der Waals surface area contributed by atoms with Gasteiger partial charge in [-0.2, -0.15) is 0 Å². The van der Waals surface area contributed by atoms with Crippen LogP contribution in [-0.2, 0) is 10.0 Å².